The van der Waals surface area contributed by atoms with Gasteiger partial charge in [0.1, 0.15) is 5.75 Å². The Labute approximate surface area is 160 Å². The third-order valence-corrected chi connectivity index (χ3v) is 4.58. The molecule has 0 saturated carbocycles. The number of nitrogens with one attached hydrogen (secondary N) is 2. The number of hydrogen-bond acceptors (Lipinski definition) is 5. The van der Waals surface area contributed by atoms with Gasteiger partial charge in [0.15, 0.2) is 5.76 Å². The first-order valence-electron chi connectivity index (χ1n) is 8.16. The number of hydrogen-bond donors (Lipinski definition) is 2. The van der Waals surface area contributed by atoms with Crippen LogP contribution in [0.5, 0.6) is 5.75 Å². The van der Waals surface area contributed by atoms with E-state index in [9.17, 15) is 9.59 Å². The second-order valence-electron chi connectivity index (χ2n) is 5.50. The molecule has 138 valence electrons. The zero-order chi connectivity index (χ0) is 19.1. The highest BCUT2D eigenvalue weighted by Gasteiger charge is 2.10. The van der Waals surface area contributed by atoms with Gasteiger partial charge in [0.25, 0.3) is 5.91 Å². The molecule has 1 heterocycles. The van der Waals surface area contributed by atoms with E-state index in [1.165, 1.54) is 18.0 Å². The molecule has 7 heteroatoms. The molecule has 0 bridgehead atoms. The number of benzene rings is 2. The lowest BCUT2D eigenvalue weighted by Crippen LogP contribution is -2.14. The Kier molecular flexibility index (Phi) is 6.17. The molecule has 6 nitrogen and oxygen atoms in total. The maximum absolute atomic E-state index is 12.2. The molecule has 0 atom stereocenters. The van der Waals surface area contributed by atoms with E-state index in [2.05, 4.69) is 10.6 Å². The van der Waals surface area contributed by atoms with Crippen LogP contribution in [0.4, 0.5) is 11.4 Å². The second-order valence-corrected chi connectivity index (χ2v) is 6.55. The molecule has 3 aromatic rings. The highest BCUT2D eigenvalue weighted by atomic mass is 32.2. The second kappa shape index (κ2) is 8.95. The van der Waals surface area contributed by atoms with Crippen molar-refractivity contribution in [3.05, 3.63) is 72.7 Å². The Morgan fingerprint density at radius 2 is 1.89 bits per heavy atom. The predicted octanol–water partition coefficient (Wildman–Crippen LogP) is 4.27. The molecule has 0 aliphatic rings. The standard InChI is InChI=1S/C20H18N2O4S/c1-25-17-9-3-2-8-16(17)22-19(23)13-27-15-7-4-6-14(12-15)21-20(24)18-10-5-11-26-18/h2-12H,13H2,1H3,(H,21,24)(H,22,23). The fourth-order valence-corrected chi connectivity index (χ4v) is 3.10. The third-order valence-electron chi connectivity index (χ3n) is 3.59. The predicted molar refractivity (Wildman–Crippen MR) is 105 cm³/mol. The van der Waals surface area contributed by atoms with Crippen molar-refractivity contribution in [3.8, 4) is 5.75 Å². The summed E-state index contributed by atoms with van der Waals surface area (Å²) in [5.74, 6) is 0.612. The van der Waals surface area contributed by atoms with Gasteiger partial charge in [-0.2, -0.15) is 0 Å². The highest BCUT2D eigenvalue weighted by molar-refractivity contribution is 8.00. The van der Waals surface area contributed by atoms with Gasteiger partial charge in [-0.3, -0.25) is 9.59 Å². The van der Waals surface area contributed by atoms with Gasteiger partial charge in [0.05, 0.1) is 24.8 Å². The number of thioether (sulfide) groups is 1. The number of methoxy groups -OCH3 is 1. The number of anilines is 2. The first-order valence-corrected chi connectivity index (χ1v) is 9.15. The van der Waals surface area contributed by atoms with Crippen LogP contribution in [0.3, 0.4) is 0 Å². The van der Waals surface area contributed by atoms with Gasteiger partial charge < -0.3 is 19.8 Å². The van der Waals surface area contributed by atoms with Crippen molar-refractivity contribution in [3.63, 3.8) is 0 Å². The van der Waals surface area contributed by atoms with Crippen molar-refractivity contribution >= 4 is 35.0 Å². The lowest BCUT2D eigenvalue weighted by Gasteiger charge is -2.10. The summed E-state index contributed by atoms with van der Waals surface area (Å²) in [7, 11) is 1.56. The van der Waals surface area contributed by atoms with Gasteiger partial charge in [-0.15, -0.1) is 11.8 Å². The Bertz CT molecular complexity index is 925. The molecule has 0 radical (unpaired) electrons. The monoisotopic (exact) mass is 382 g/mol. The number of ether oxygens (including phenoxy) is 1. The Hall–Kier alpha value is -3.19. The summed E-state index contributed by atoms with van der Waals surface area (Å²) in [6.07, 6.45) is 1.45. The van der Waals surface area contributed by atoms with E-state index >= 15 is 0 Å². The molecule has 0 unspecified atom stereocenters. The number of furan rings is 1. The van der Waals surface area contributed by atoms with Crippen molar-refractivity contribution in [1.29, 1.82) is 0 Å². The minimum atomic E-state index is -0.323. The van der Waals surface area contributed by atoms with Crippen LogP contribution in [0.1, 0.15) is 10.6 Å². The van der Waals surface area contributed by atoms with E-state index in [4.69, 9.17) is 9.15 Å². The Morgan fingerprint density at radius 1 is 1.04 bits per heavy atom. The van der Waals surface area contributed by atoms with Gasteiger partial charge >= 0.3 is 0 Å². The lowest BCUT2D eigenvalue weighted by molar-refractivity contribution is -0.113. The molecule has 0 aliphatic heterocycles. The molecular weight excluding hydrogens is 364 g/mol. The van der Waals surface area contributed by atoms with Crippen LogP contribution in [-0.2, 0) is 4.79 Å². The number of amides is 2. The quantitative estimate of drug-likeness (QED) is 0.597. The van der Waals surface area contributed by atoms with Gasteiger partial charge in [-0.05, 0) is 42.5 Å². The molecule has 2 aromatic carbocycles. The average molecular weight is 382 g/mol. The molecule has 0 saturated heterocycles. The molecule has 1 aromatic heterocycles. The highest BCUT2D eigenvalue weighted by Crippen LogP contribution is 2.25. The van der Waals surface area contributed by atoms with Gasteiger partial charge in [0, 0.05) is 10.6 Å². The van der Waals surface area contributed by atoms with Crippen molar-refractivity contribution in [1.82, 2.24) is 0 Å². The van der Waals surface area contributed by atoms with Gasteiger partial charge in [-0.1, -0.05) is 18.2 Å². The largest absolute Gasteiger partial charge is 0.495 e. The first-order chi connectivity index (χ1) is 13.2. The van der Waals surface area contributed by atoms with E-state index in [0.29, 0.717) is 17.1 Å². The van der Waals surface area contributed by atoms with E-state index in [0.717, 1.165) is 4.90 Å². The minimum absolute atomic E-state index is 0.144. The summed E-state index contributed by atoms with van der Waals surface area (Å²) < 4.78 is 10.3. The van der Waals surface area contributed by atoms with Crippen LogP contribution in [0.2, 0.25) is 0 Å². The Morgan fingerprint density at radius 3 is 2.67 bits per heavy atom. The van der Waals surface area contributed by atoms with Crippen molar-refractivity contribution in [2.45, 2.75) is 4.90 Å². The van der Waals surface area contributed by atoms with Crippen molar-refractivity contribution in [2.24, 2.45) is 0 Å². The summed E-state index contributed by atoms with van der Waals surface area (Å²) in [6, 6.07) is 17.8. The number of carbonyl (C=O) groups is 2. The molecule has 3 rings (SSSR count). The summed E-state index contributed by atoms with van der Waals surface area (Å²) in [5, 5.41) is 5.59. The van der Waals surface area contributed by atoms with Crippen LogP contribution in [0, 0.1) is 0 Å². The van der Waals surface area contributed by atoms with Crippen LogP contribution in [0.15, 0.2) is 76.2 Å². The number of carbonyl (C=O) groups excluding carboxylic acids is 2. The fourth-order valence-electron chi connectivity index (χ4n) is 2.35. The molecule has 0 aliphatic carbocycles. The van der Waals surface area contributed by atoms with E-state index in [1.54, 1.807) is 37.4 Å². The zero-order valence-corrected chi connectivity index (χ0v) is 15.4. The van der Waals surface area contributed by atoms with E-state index < -0.39 is 0 Å². The molecule has 2 amide bonds. The SMILES string of the molecule is COc1ccccc1NC(=O)CSc1cccc(NC(=O)c2ccco2)c1. The van der Waals surface area contributed by atoms with Gasteiger partial charge in [-0.25, -0.2) is 0 Å². The third kappa shape index (κ3) is 5.15. The van der Waals surface area contributed by atoms with Crippen molar-refractivity contribution in [2.75, 3.05) is 23.5 Å². The van der Waals surface area contributed by atoms with Crippen LogP contribution in [-0.4, -0.2) is 24.7 Å². The molecule has 0 fully saturated rings. The van der Waals surface area contributed by atoms with Gasteiger partial charge in [0.2, 0.25) is 5.91 Å². The van der Waals surface area contributed by atoms with E-state index in [1.807, 2.05) is 30.3 Å². The Balaban J connectivity index is 1.56. The molecule has 2 N–H and O–H groups in total. The molecule has 0 spiro atoms. The first kappa shape index (κ1) is 18.6. The number of para-hydroxylation sites is 2. The lowest BCUT2D eigenvalue weighted by atomic mass is 10.3. The minimum Gasteiger partial charge on any atom is -0.495 e. The maximum atomic E-state index is 12.2. The van der Waals surface area contributed by atoms with Crippen LogP contribution >= 0.6 is 11.8 Å². The smallest absolute Gasteiger partial charge is 0.291 e. The molecular formula is C20H18N2O4S. The van der Waals surface area contributed by atoms with Crippen molar-refractivity contribution < 1.29 is 18.7 Å². The summed E-state index contributed by atoms with van der Waals surface area (Å²) in [4.78, 5) is 25.1. The van der Waals surface area contributed by atoms with E-state index in [-0.39, 0.29) is 23.3 Å². The fraction of sp³-hybridized carbons (Fsp3) is 0.100. The number of rotatable bonds is 7. The molecule has 27 heavy (non-hydrogen) atoms. The van der Waals surface area contributed by atoms with Crippen LogP contribution < -0.4 is 15.4 Å². The topological polar surface area (TPSA) is 80.6 Å². The summed E-state index contributed by atoms with van der Waals surface area (Å²) in [6.45, 7) is 0. The summed E-state index contributed by atoms with van der Waals surface area (Å²) >= 11 is 1.37. The summed E-state index contributed by atoms with van der Waals surface area (Å²) in [5.41, 5.74) is 1.26. The zero-order valence-electron chi connectivity index (χ0n) is 14.6. The maximum Gasteiger partial charge on any atom is 0.291 e. The normalized spacial score (nSPS) is 10.3. The van der Waals surface area contributed by atoms with Crippen LogP contribution in [0.25, 0.3) is 0 Å². The average Bonchev–Trinajstić information content (AvgIpc) is 3.22.